The van der Waals surface area contributed by atoms with E-state index in [-0.39, 0.29) is 11.9 Å². The normalized spacial score (nSPS) is 11.6. The second-order valence-electron chi connectivity index (χ2n) is 3.70. The Morgan fingerprint density at radius 2 is 2.06 bits per heavy atom. The van der Waals surface area contributed by atoms with Gasteiger partial charge in [-0.2, -0.15) is 0 Å². The second kappa shape index (κ2) is 5.95. The Morgan fingerprint density at radius 1 is 1.44 bits per heavy atom. The molecule has 3 heteroatoms. The molecule has 0 saturated heterocycles. The lowest BCUT2D eigenvalue weighted by atomic mass is 10.1. The van der Waals surface area contributed by atoms with Crippen LogP contribution in [0.15, 0.2) is 36.9 Å². The van der Waals surface area contributed by atoms with Gasteiger partial charge in [0, 0.05) is 12.7 Å². The minimum Gasteiger partial charge on any atom is -0.373 e. The molecule has 0 aliphatic heterocycles. The highest BCUT2D eigenvalue weighted by molar-refractivity contribution is 5.84. The number of hydrogen-bond donors (Lipinski definition) is 2. The van der Waals surface area contributed by atoms with Gasteiger partial charge in [-0.25, -0.2) is 0 Å². The minimum atomic E-state index is -0.259. The molecule has 0 bridgehead atoms. The molecule has 0 aromatic heterocycles. The summed E-state index contributed by atoms with van der Waals surface area (Å²) in [5, 5.41) is 5.81. The molecule has 0 aliphatic rings. The molecule has 0 radical (unpaired) electrons. The van der Waals surface area contributed by atoms with Crippen LogP contribution in [0.2, 0.25) is 0 Å². The molecule has 0 spiro atoms. The monoisotopic (exact) mass is 218 g/mol. The fourth-order valence-electron chi connectivity index (χ4n) is 1.42. The Hall–Kier alpha value is -1.77. The molecule has 1 rings (SSSR count). The number of hydrogen-bond acceptors (Lipinski definition) is 2. The first-order chi connectivity index (χ1) is 7.67. The zero-order valence-corrected chi connectivity index (χ0v) is 9.79. The van der Waals surface area contributed by atoms with Gasteiger partial charge in [0.2, 0.25) is 5.91 Å². The average Bonchev–Trinajstić information content (AvgIpc) is 2.30. The van der Waals surface area contributed by atoms with Crippen molar-refractivity contribution in [2.24, 2.45) is 0 Å². The lowest BCUT2D eigenvalue weighted by molar-refractivity contribution is -0.121. The summed E-state index contributed by atoms with van der Waals surface area (Å²) in [6, 6.07) is 7.70. The molecule has 3 nitrogen and oxygen atoms in total. The molecular weight excluding hydrogens is 200 g/mol. The molecular formula is C13H18N2O. The third-order valence-electron chi connectivity index (χ3n) is 2.36. The summed E-state index contributed by atoms with van der Waals surface area (Å²) < 4.78 is 0. The zero-order chi connectivity index (χ0) is 12.0. The topological polar surface area (TPSA) is 41.1 Å². The molecule has 1 unspecified atom stereocenters. The number of anilines is 1. The summed E-state index contributed by atoms with van der Waals surface area (Å²) in [6.45, 7) is 5.68. The van der Waals surface area contributed by atoms with Crippen molar-refractivity contribution < 1.29 is 4.79 Å². The van der Waals surface area contributed by atoms with Gasteiger partial charge in [0.25, 0.3) is 0 Å². The number of likely N-dealkylation sites (N-methyl/N-ethyl adjacent to an activating group) is 1. The van der Waals surface area contributed by atoms with Crippen LogP contribution in [-0.2, 0) is 4.79 Å². The molecule has 1 amide bonds. The maximum Gasteiger partial charge on any atom is 0.242 e. The standard InChI is InChI=1S/C13H18N2O/c1-4-5-12(13(16)14-3)15-11-8-6-10(2)7-9-11/h4,6-9,12,15H,1,5H2,2-3H3,(H,14,16). The largest absolute Gasteiger partial charge is 0.373 e. The van der Waals surface area contributed by atoms with Crippen LogP contribution < -0.4 is 10.6 Å². The summed E-state index contributed by atoms with van der Waals surface area (Å²) in [5.41, 5.74) is 2.15. The molecule has 0 aliphatic carbocycles. The number of carbonyl (C=O) groups is 1. The van der Waals surface area contributed by atoms with Gasteiger partial charge in [-0.05, 0) is 25.5 Å². The highest BCUT2D eigenvalue weighted by atomic mass is 16.2. The second-order valence-corrected chi connectivity index (χ2v) is 3.70. The van der Waals surface area contributed by atoms with E-state index < -0.39 is 0 Å². The molecule has 0 fully saturated rings. The molecule has 1 atom stereocenters. The van der Waals surface area contributed by atoms with Gasteiger partial charge in [-0.15, -0.1) is 6.58 Å². The van der Waals surface area contributed by atoms with Crippen molar-refractivity contribution >= 4 is 11.6 Å². The number of benzene rings is 1. The van der Waals surface area contributed by atoms with Crippen molar-refractivity contribution in [3.05, 3.63) is 42.5 Å². The molecule has 2 N–H and O–H groups in total. The highest BCUT2D eigenvalue weighted by Crippen LogP contribution is 2.11. The van der Waals surface area contributed by atoms with E-state index in [0.29, 0.717) is 6.42 Å². The van der Waals surface area contributed by atoms with Gasteiger partial charge in [-0.1, -0.05) is 23.8 Å². The van der Waals surface area contributed by atoms with Gasteiger partial charge in [-0.3, -0.25) is 4.79 Å². The van der Waals surface area contributed by atoms with Gasteiger partial charge in [0.05, 0.1) is 0 Å². The van der Waals surface area contributed by atoms with Crippen molar-refractivity contribution in [3.63, 3.8) is 0 Å². The third kappa shape index (κ3) is 3.42. The first-order valence-corrected chi connectivity index (χ1v) is 5.33. The van der Waals surface area contributed by atoms with Crippen molar-refractivity contribution in [1.82, 2.24) is 5.32 Å². The maximum atomic E-state index is 11.6. The predicted octanol–water partition coefficient (Wildman–Crippen LogP) is 2.10. The molecule has 1 aromatic rings. The van der Waals surface area contributed by atoms with E-state index in [2.05, 4.69) is 17.2 Å². The Balaban J connectivity index is 2.71. The van der Waals surface area contributed by atoms with Crippen LogP contribution in [0.5, 0.6) is 0 Å². The van der Waals surface area contributed by atoms with Crippen LogP contribution >= 0.6 is 0 Å². The third-order valence-corrected chi connectivity index (χ3v) is 2.36. The number of aryl methyl sites for hydroxylation is 1. The van der Waals surface area contributed by atoms with Gasteiger partial charge >= 0.3 is 0 Å². The molecule has 86 valence electrons. The predicted molar refractivity (Wildman–Crippen MR) is 67.5 cm³/mol. The van der Waals surface area contributed by atoms with Gasteiger partial charge in [0.1, 0.15) is 6.04 Å². The minimum absolute atomic E-state index is 0.0273. The molecule has 0 saturated carbocycles. The SMILES string of the molecule is C=CCC(Nc1ccc(C)cc1)C(=O)NC. The highest BCUT2D eigenvalue weighted by Gasteiger charge is 2.14. The van der Waals surface area contributed by atoms with E-state index in [1.165, 1.54) is 5.56 Å². The van der Waals surface area contributed by atoms with Crippen LogP contribution in [0.4, 0.5) is 5.69 Å². The number of nitrogens with one attached hydrogen (secondary N) is 2. The van der Waals surface area contributed by atoms with E-state index in [9.17, 15) is 4.79 Å². The van der Waals surface area contributed by atoms with Crippen LogP contribution in [0.1, 0.15) is 12.0 Å². The lowest BCUT2D eigenvalue weighted by Gasteiger charge is -2.16. The average molecular weight is 218 g/mol. The molecule has 1 aromatic carbocycles. The fraction of sp³-hybridized carbons (Fsp3) is 0.308. The van der Waals surface area contributed by atoms with E-state index in [1.54, 1.807) is 13.1 Å². The van der Waals surface area contributed by atoms with Crippen molar-refractivity contribution in [1.29, 1.82) is 0 Å². The molecule has 16 heavy (non-hydrogen) atoms. The Kier molecular flexibility index (Phi) is 4.58. The van der Waals surface area contributed by atoms with E-state index >= 15 is 0 Å². The molecule has 0 heterocycles. The quantitative estimate of drug-likeness (QED) is 0.743. The van der Waals surface area contributed by atoms with Gasteiger partial charge in [0.15, 0.2) is 0 Å². The summed E-state index contributed by atoms with van der Waals surface area (Å²) in [6.07, 6.45) is 2.34. The van der Waals surface area contributed by atoms with Crippen molar-refractivity contribution in [2.45, 2.75) is 19.4 Å². The zero-order valence-electron chi connectivity index (χ0n) is 9.79. The van der Waals surface area contributed by atoms with Gasteiger partial charge < -0.3 is 10.6 Å². The number of rotatable bonds is 5. The van der Waals surface area contributed by atoms with E-state index in [4.69, 9.17) is 0 Å². The number of amides is 1. The Morgan fingerprint density at radius 3 is 2.56 bits per heavy atom. The van der Waals surface area contributed by atoms with Crippen molar-refractivity contribution in [2.75, 3.05) is 12.4 Å². The summed E-state index contributed by atoms with van der Waals surface area (Å²) in [7, 11) is 1.63. The smallest absolute Gasteiger partial charge is 0.242 e. The first kappa shape index (κ1) is 12.3. The summed E-state index contributed by atoms with van der Waals surface area (Å²) in [4.78, 5) is 11.6. The lowest BCUT2D eigenvalue weighted by Crippen LogP contribution is -2.37. The maximum absolute atomic E-state index is 11.6. The first-order valence-electron chi connectivity index (χ1n) is 5.33. The van der Waals surface area contributed by atoms with Crippen LogP contribution in [0, 0.1) is 6.92 Å². The van der Waals surface area contributed by atoms with E-state index in [1.807, 2.05) is 31.2 Å². The Labute approximate surface area is 96.6 Å². The fourth-order valence-corrected chi connectivity index (χ4v) is 1.42. The van der Waals surface area contributed by atoms with Crippen LogP contribution in [0.3, 0.4) is 0 Å². The number of carbonyl (C=O) groups excluding carboxylic acids is 1. The van der Waals surface area contributed by atoms with Crippen LogP contribution in [-0.4, -0.2) is 19.0 Å². The van der Waals surface area contributed by atoms with Crippen LogP contribution in [0.25, 0.3) is 0 Å². The summed E-state index contributed by atoms with van der Waals surface area (Å²) >= 11 is 0. The summed E-state index contributed by atoms with van der Waals surface area (Å²) in [5.74, 6) is -0.0273. The van der Waals surface area contributed by atoms with E-state index in [0.717, 1.165) is 5.69 Å². The Bertz CT molecular complexity index is 357. The van der Waals surface area contributed by atoms with Crippen molar-refractivity contribution in [3.8, 4) is 0 Å².